The highest BCUT2D eigenvalue weighted by molar-refractivity contribution is 5.91. The number of carbonyl (C=O) groups is 1. The molecule has 1 aromatic rings. The lowest BCUT2D eigenvalue weighted by molar-refractivity contribution is 0.0689. The zero-order valence-electron chi connectivity index (χ0n) is 6.67. The third-order valence-electron chi connectivity index (χ3n) is 1.45. The number of hydrogen-bond donors (Lipinski definition) is 2. The molecule has 0 fully saturated rings. The third kappa shape index (κ3) is 1.76. The average Bonchev–Trinajstić information content (AvgIpc) is 2.08. The first-order valence-electron chi connectivity index (χ1n) is 3.41. The summed E-state index contributed by atoms with van der Waals surface area (Å²) in [6, 6.07) is 0.409. The molecule has 1 heterocycles. The lowest BCUT2D eigenvalue weighted by Gasteiger charge is -2.04. The van der Waals surface area contributed by atoms with E-state index in [0.29, 0.717) is 6.07 Å². The number of halogens is 3. The molecule has 3 N–H and O–H groups in total. The molecule has 1 rings (SSSR count). The molecule has 4 nitrogen and oxygen atoms in total. The van der Waals surface area contributed by atoms with Crippen molar-refractivity contribution in [2.45, 2.75) is 6.43 Å². The highest BCUT2D eigenvalue weighted by Crippen LogP contribution is 2.22. The molecule has 0 atom stereocenters. The molecule has 7 heteroatoms. The number of aromatic carboxylic acids is 1. The van der Waals surface area contributed by atoms with Crippen molar-refractivity contribution in [1.29, 1.82) is 0 Å². The van der Waals surface area contributed by atoms with Crippen LogP contribution in [0.15, 0.2) is 6.07 Å². The van der Waals surface area contributed by atoms with Crippen LogP contribution in [0.4, 0.5) is 18.9 Å². The second-order valence-corrected chi connectivity index (χ2v) is 2.40. The molecule has 0 saturated heterocycles. The Morgan fingerprint density at radius 3 is 2.57 bits per heavy atom. The first kappa shape index (κ1) is 10.3. The van der Waals surface area contributed by atoms with E-state index in [2.05, 4.69) is 4.98 Å². The highest BCUT2D eigenvalue weighted by atomic mass is 19.3. The van der Waals surface area contributed by atoms with Gasteiger partial charge in [-0.05, 0) is 0 Å². The molecule has 0 amide bonds. The number of nitrogens with zero attached hydrogens (tertiary/aromatic N) is 1. The minimum absolute atomic E-state index is 0.409. The fourth-order valence-electron chi connectivity index (χ4n) is 0.817. The van der Waals surface area contributed by atoms with Gasteiger partial charge in [0, 0.05) is 6.07 Å². The van der Waals surface area contributed by atoms with Gasteiger partial charge in [-0.1, -0.05) is 0 Å². The summed E-state index contributed by atoms with van der Waals surface area (Å²) in [4.78, 5) is 13.4. The smallest absolute Gasteiger partial charge is 0.356 e. The first-order chi connectivity index (χ1) is 6.43. The predicted octanol–water partition coefficient (Wildman–Crippen LogP) is 1.44. The number of carboxylic acids is 1. The van der Waals surface area contributed by atoms with Crippen molar-refractivity contribution in [3.63, 3.8) is 0 Å². The Hall–Kier alpha value is -1.79. The Bertz CT molecular complexity index is 381. The molecule has 76 valence electrons. The minimum atomic E-state index is -3.04. The Labute approximate surface area is 76.2 Å². The number of nitrogens with two attached hydrogens (primary N) is 1. The van der Waals surface area contributed by atoms with E-state index in [9.17, 15) is 18.0 Å². The van der Waals surface area contributed by atoms with E-state index in [-0.39, 0.29) is 0 Å². The third-order valence-corrected chi connectivity index (χ3v) is 1.45. The Morgan fingerprint density at radius 1 is 1.57 bits per heavy atom. The zero-order valence-corrected chi connectivity index (χ0v) is 6.67. The molecular formula is C7H5F3N2O2. The molecule has 0 saturated carbocycles. The van der Waals surface area contributed by atoms with E-state index in [1.54, 1.807) is 0 Å². The van der Waals surface area contributed by atoms with E-state index >= 15 is 0 Å². The fraction of sp³-hybridized carbons (Fsp3) is 0.143. The zero-order chi connectivity index (χ0) is 10.9. The van der Waals surface area contributed by atoms with Gasteiger partial charge in [-0.15, -0.1) is 0 Å². The molecule has 0 bridgehead atoms. The van der Waals surface area contributed by atoms with Crippen molar-refractivity contribution in [2.24, 2.45) is 0 Å². The molecule has 0 radical (unpaired) electrons. The van der Waals surface area contributed by atoms with Gasteiger partial charge in [-0.2, -0.15) is 0 Å². The summed E-state index contributed by atoms with van der Waals surface area (Å²) in [6.07, 6.45) is -3.04. The van der Waals surface area contributed by atoms with Gasteiger partial charge in [0.25, 0.3) is 6.43 Å². The van der Waals surface area contributed by atoms with Gasteiger partial charge in [0.15, 0.2) is 11.5 Å². The Morgan fingerprint density at radius 2 is 2.14 bits per heavy atom. The van der Waals surface area contributed by atoms with Gasteiger partial charge >= 0.3 is 5.97 Å². The maximum atomic E-state index is 12.8. The second-order valence-electron chi connectivity index (χ2n) is 2.40. The number of carboxylic acid groups (broad SMARTS) is 1. The van der Waals surface area contributed by atoms with Crippen molar-refractivity contribution >= 4 is 11.7 Å². The molecule has 0 unspecified atom stereocenters. The number of pyridine rings is 1. The van der Waals surface area contributed by atoms with Crippen molar-refractivity contribution in [3.8, 4) is 0 Å². The van der Waals surface area contributed by atoms with Crippen LogP contribution in [0.5, 0.6) is 0 Å². The van der Waals surface area contributed by atoms with Crippen LogP contribution in [-0.2, 0) is 0 Å². The van der Waals surface area contributed by atoms with Crippen molar-refractivity contribution in [3.05, 3.63) is 23.3 Å². The quantitative estimate of drug-likeness (QED) is 0.767. The van der Waals surface area contributed by atoms with Crippen LogP contribution < -0.4 is 5.73 Å². The van der Waals surface area contributed by atoms with Crippen LogP contribution in [0.1, 0.15) is 22.6 Å². The van der Waals surface area contributed by atoms with Gasteiger partial charge in [0.1, 0.15) is 11.4 Å². The van der Waals surface area contributed by atoms with E-state index in [1.807, 2.05) is 0 Å². The van der Waals surface area contributed by atoms with E-state index in [4.69, 9.17) is 10.8 Å². The lowest BCUT2D eigenvalue weighted by Crippen LogP contribution is -2.10. The number of nitrogen functional groups attached to an aromatic ring is 1. The van der Waals surface area contributed by atoms with E-state index < -0.39 is 35.3 Å². The van der Waals surface area contributed by atoms with E-state index in [1.165, 1.54) is 0 Å². The molecule has 0 spiro atoms. The summed E-state index contributed by atoms with van der Waals surface area (Å²) in [6.45, 7) is 0. The summed E-state index contributed by atoms with van der Waals surface area (Å²) in [5.41, 5.74) is 2.39. The van der Waals surface area contributed by atoms with E-state index in [0.717, 1.165) is 0 Å². The molecule has 14 heavy (non-hydrogen) atoms. The first-order valence-corrected chi connectivity index (χ1v) is 3.41. The van der Waals surface area contributed by atoms with Crippen LogP contribution in [0.25, 0.3) is 0 Å². The number of anilines is 1. The second kappa shape index (κ2) is 3.52. The molecule has 0 aromatic carbocycles. The number of hydrogen-bond acceptors (Lipinski definition) is 3. The number of rotatable bonds is 2. The summed E-state index contributed by atoms with van der Waals surface area (Å²) in [5.74, 6) is -2.86. The van der Waals surface area contributed by atoms with Crippen LogP contribution in [-0.4, -0.2) is 16.1 Å². The van der Waals surface area contributed by atoms with Crippen molar-refractivity contribution in [1.82, 2.24) is 4.98 Å². The molecule has 0 aliphatic rings. The SMILES string of the molecule is Nc1c(F)cc(C(F)F)nc1C(=O)O. The standard InChI is InChI=1S/C7H5F3N2O2/c8-2-1-3(6(9)10)12-5(4(2)11)7(13)14/h1,6H,11H2,(H,13,14). The summed E-state index contributed by atoms with van der Waals surface area (Å²) in [7, 11) is 0. The number of alkyl halides is 2. The van der Waals surface area contributed by atoms with Gasteiger partial charge in [-0.3, -0.25) is 0 Å². The maximum absolute atomic E-state index is 12.8. The normalized spacial score (nSPS) is 10.6. The van der Waals surface area contributed by atoms with Gasteiger partial charge < -0.3 is 10.8 Å². The minimum Gasteiger partial charge on any atom is -0.476 e. The number of aromatic nitrogens is 1. The van der Waals surface area contributed by atoms with Crippen LogP contribution >= 0.6 is 0 Å². The summed E-state index contributed by atoms with van der Waals surface area (Å²) < 4.78 is 36.9. The summed E-state index contributed by atoms with van der Waals surface area (Å²) >= 11 is 0. The highest BCUT2D eigenvalue weighted by Gasteiger charge is 2.19. The van der Waals surface area contributed by atoms with Gasteiger partial charge in [0.2, 0.25) is 0 Å². The summed E-state index contributed by atoms with van der Waals surface area (Å²) in [5, 5.41) is 8.44. The fourth-order valence-corrected chi connectivity index (χ4v) is 0.817. The van der Waals surface area contributed by atoms with Crippen LogP contribution in [0.2, 0.25) is 0 Å². The molecule has 1 aromatic heterocycles. The molecular weight excluding hydrogens is 201 g/mol. The van der Waals surface area contributed by atoms with Gasteiger partial charge in [-0.25, -0.2) is 22.9 Å². The maximum Gasteiger partial charge on any atom is 0.356 e. The largest absolute Gasteiger partial charge is 0.476 e. The van der Waals surface area contributed by atoms with Crippen molar-refractivity contribution < 1.29 is 23.1 Å². The predicted molar refractivity (Wildman–Crippen MR) is 40.5 cm³/mol. The lowest BCUT2D eigenvalue weighted by atomic mass is 10.2. The average molecular weight is 206 g/mol. The monoisotopic (exact) mass is 206 g/mol. The topological polar surface area (TPSA) is 76.2 Å². The van der Waals surface area contributed by atoms with Crippen LogP contribution in [0.3, 0.4) is 0 Å². The Balaban J connectivity index is 3.35. The van der Waals surface area contributed by atoms with Gasteiger partial charge in [0.05, 0.1) is 0 Å². The molecule has 0 aliphatic heterocycles. The van der Waals surface area contributed by atoms with Crippen LogP contribution in [0, 0.1) is 5.82 Å². The van der Waals surface area contributed by atoms with Crippen molar-refractivity contribution in [2.75, 3.05) is 5.73 Å². The Kier molecular flexibility index (Phi) is 2.59. The molecule has 0 aliphatic carbocycles.